The van der Waals surface area contributed by atoms with Crippen LogP contribution < -0.4 is 19.3 Å². The Kier molecular flexibility index (Phi) is 6.28. The second kappa shape index (κ2) is 11.3. The average Bonchev–Trinajstić information content (AvgIpc) is 3.85. The molecule has 0 spiro atoms. The molecule has 8 heteroatoms. The highest BCUT2D eigenvalue weighted by Gasteiger charge is 2.37. The van der Waals surface area contributed by atoms with Gasteiger partial charge in [-0.3, -0.25) is 9.80 Å². The Morgan fingerprint density at radius 3 is 1.38 bits per heavy atom. The van der Waals surface area contributed by atoms with Crippen molar-refractivity contribution >= 4 is 66.8 Å². The Hall–Kier alpha value is -6.90. The van der Waals surface area contributed by atoms with Crippen LogP contribution in [0.3, 0.4) is 0 Å². The first-order valence-electron chi connectivity index (χ1n) is 17.0. The third-order valence-electron chi connectivity index (χ3n) is 9.49. The maximum Gasteiger partial charge on any atom is 0.227 e. The maximum atomic E-state index is 7.01. The Balaban J connectivity index is 1.32. The van der Waals surface area contributed by atoms with E-state index in [2.05, 4.69) is 46.2 Å². The molecular formula is C44H26N4O3S. The van der Waals surface area contributed by atoms with Crippen molar-refractivity contribution in [2.24, 2.45) is 0 Å². The monoisotopic (exact) mass is 690 g/mol. The maximum absolute atomic E-state index is 7.01. The summed E-state index contributed by atoms with van der Waals surface area (Å²) in [5, 5.41) is 0.888. The predicted molar refractivity (Wildman–Crippen MR) is 208 cm³/mol. The number of rotatable bonds is 4. The summed E-state index contributed by atoms with van der Waals surface area (Å²) in [6.07, 6.45) is 0. The molecule has 2 aliphatic rings. The van der Waals surface area contributed by atoms with Crippen LogP contribution >= 0.6 is 11.3 Å². The van der Waals surface area contributed by atoms with Gasteiger partial charge in [0.15, 0.2) is 28.6 Å². The minimum Gasteiger partial charge on any atom is -0.453 e. The molecule has 0 saturated heterocycles. The van der Waals surface area contributed by atoms with Gasteiger partial charge in [0.2, 0.25) is 5.89 Å². The lowest BCUT2D eigenvalue weighted by Crippen LogP contribution is -2.18. The van der Waals surface area contributed by atoms with E-state index in [1.807, 2.05) is 121 Å². The van der Waals surface area contributed by atoms with Gasteiger partial charge < -0.3 is 13.9 Å². The fourth-order valence-corrected chi connectivity index (χ4v) is 8.32. The van der Waals surface area contributed by atoms with Crippen LogP contribution in [0.25, 0.3) is 43.3 Å². The molecule has 2 aliphatic heterocycles. The summed E-state index contributed by atoms with van der Waals surface area (Å²) in [6.45, 7) is 0. The van der Waals surface area contributed by atoms with Crippen LogP contribution in [0.4, 0.5) is 34.1 Å². The number of para-hydroxylation sites is 8. The minimum atomic E-state index is 0.517. The standard InChI is InChI=1S/C44H26N4O3S/c1-3-15-27(16-4-1)43-45-37-40(48-31-21-9-13-25-35(31)50-36-26-14-10-22-32(36)48)42-38(46-44(52-42)28-17-5-2-6-18-28)39(41(37)51-43)47-29-19-7-11-23-33(29)49-34-24-12-8-20-30(34)47/h1-26H. The Bertz CT molecular complexity index is 2490. The average molecular weight is 691 g/mol. The van der Waals surface area contributed by atoms with Crippen molar-refractivity contribution in [2.75, 3.05) is 9.80 Å². The van der Waals surface area contributed by atoms with E-state index in [1.54, 1.807) is 11.3 Å². The fraction of sp³-hybridized carbons (Fsp3) is 0. The summed E-state index contributed by atoms with van der Waals surface area (Å²) >= 11 is 1.65. The van der Waals surface area contributed by atoms with Crippen LogP contribution in [-0.4, -0.2) is 9.97 Å². The molecule has 0 amide bonds. The van der Waals surface area contributed by atoms with Gasteiger partial charge in [0, 0.05) is 11.1 Å². The highest BCUT2D eigenvalue weighted by Crippen LogP contribution is 2.59. The molecule has 0 saturated carbocycles. The number of anilines is 6. The number of thiazole rings is 1. The third kappa shape index (κ3) is 4.31. The van der Waals surface area contributed by atoms with Gasteiger partial charge in [0.25, 0.3) is 0 Å². The van der Waals surface area contributed by atoms with Gasteiger partial charge in [-0.15, -0.1) is 11.3 Å². The van der Waals surface area contributed by atoms with Crippen molar-refractivity contribution in [1.82, 2.24) is 9.97 Å². The molecule has 7 aromatic carbocycles. The number of aromatic nitrogens is 2. The van der Waals surface area contributed by atoms with E-state index in [0.717, 1.165) is 83.5 Å². The fourth-order valence-electron chi connectivity index (χ4n) is 7.21. The summed E-state index contributed by atoms with van der Waals surface area (Å²) in [4.78, 5) is 15.3. The minimum absolute atomic E-state index is 0.517. The molecule has 246 valence electrons. The lowest BCUT2D eigenvalue weighted by Gasteiger charge is -2.35. The largest absolute Gasteiger partial charge is 0.453 e. The van der Waals surface area contributed by atoms with E-state index in [9.17, 15) is 0 Å². The van der Waals surface area contributed by atoms with Crippen molar-refractivity contribution in [1.29, 1.82) is 0 Å². The van der Waals surface area contributed by atoms with E-state index in [0.29, 0.717) is 17.0 Å². The van der Waals surface area contributed by atoms with Crippen LogP contribution in [0.1, 0.15) is 0 Å². The van der Waals surface area contributed by atoms with Crippen molar-refractivity contribution in [3.8, 4) is 45.0 Å². The van der Waals surface area contributed by atoms with Crippen molar-refractivity contribution in [3.63, 3.8) is 0 Å². The molecule has 0 bridgehead atoms. The molecule has 0 aliphatic carbocycles. The van der Waals surface area contributed by atoms with Gasteiger partial charge in [-0.2, -0.15) is 0 Å². The van der Waals surface area contributed by atoms with E-state index >= 15 is 0 Å². The van der Waals surface area contributed by atoms with E-state index in [4.69, 9.17) is 23.9 Å². The number of hydrogen-bond donors (Lipinski definition) is 0. The predicted octanol–water partition coefficient (Wildman–Crippen LogP) is 12.9. The van der Waals surface area contributed by atoms with Gasteiger partial charge in [-0.1, -0.05) is 97.1 Å². The highest BCUT2D eigenvalue weighted by molar-refractivity contribution is 7.22. The number of fused-ring (bicyclic) bond motifs is 6. The second-order valence-electron chi connectivity index (χ2n) is 12.6. The van der Waals surface area contributed by atoms with Gasteiger partial charge in [0.1, 0.15) is 21.7 Å². The van der Waals surface area contributed by atoms with E-state index < -0.39 is 0 Å². The quantitative estimate of drug-likeness (QED) is 0.182. The number of benzene rings is 7. The zero-order valence-corrected chi connectivity index (χ0v) is 28.2. The molecule has 0 unspecified atom stereocenters. The summed E-state index contributed by atoms with van der Waals surface area (Å²) in [6, 6.07) is 52.8. The molecule has 7 nitrogen and oxygen atoms in total. The molecular weight excluding hydrogens is 665 g/mol. The van der Waals surface area contributed by atoms with Gasteiger partial charge >= 0.3 is 0 Å². The molecule has 0 fully saturated rings. The lowest BCUT2D eigenvalue weighted by atomic mass is 10.1. The highest BCUT2D eigenvalue weighted by atomic mass is 32.1. The first kappa shape index (κ1) is 28.9. The van der Waals surface area contributed by atoms with Crippen LogP contribution in [0.5, 0.6) is 23.0 Å². The van der Waals surface area contributed by atoms with Crippen LogP contribution in [0.15, 0.2) is 162 Å². The normalized spacial score (nSPS) is 12.8. The van der Waals surface area contributed by atoms with Crippen LogP contribution in [0.2, 0.25) is 0 Å². The zero-order chi connectivity index (χ0) is 34.2. The zero-order valence-electron chi connectivity index (χ0n) is 27.4. The second-order valence-corrected chi connectivity index (χ2v) is 13.6. The molecule has 2 aromatic heterocycles. The van der Waals surface area contributed by atoms with Crippen LogP contribution in [-0.2, 0) is 0 Å². The molecule has 0 N–H and O–H groups in total. The number of nitrogens with zero attached hydrogens (tertiary/aromatic N) is 4. The van der Waals surface area contributed by atoms with Crippen molar-refractivity contribution < 1.29 is 13.9 Å². The van der Waals surface area contributed by atoms with Gasteiger partial charge in [0.05, 0.1) is 33.1 Å². The smallest absolute Gasteiger partial charge is 0.227 e. The van der Waals surface area contributed by atoms with Crippen LogP contribution in [0, 0.1) is 0 Å². The SMILES string of the molecule is c1ccc(-c2nc3c(N4c5ccccc5Oc5ccccc54)c4sc(-c5ccccc5)nc4c(N4c5ccccc5Oc5ccccc54)c3o2)cc1. The molecule has 0 atom stereocenters. The Labute approximate surface area is 302 Å². The summed E-state index contributed by atoms with van der Waals surface area (Å²) in [5.41, 5.74) is 9.23. The third-order valence-corrected chi connectivity index (χ3v) is 10.6. The molecule has 9 aromatic rings. The molecule has 0 radical (unpaired) electrons. The molecule has 4 heterocycles. The van der Waals surface area contributed by atoms with E-state index in [-0.39, 0.29) is 0 Å². The van der Waals surface area contributed by atoms with E-state index in [1.165, 1.54) is 0 Å². The topological polar surface area (TPSA) is 63.9 Å². The summed E-state index contributed by atoms with van der Waals surface area (Å²) < 4.78 is 20.9. The Morgan fingerprint density at radius 2 is 0.865 bits per heavy atom. The molecule has 52 heavy (non-hydrogen) atoms. The number of ether oxygens (including phenoxy) is 2. The summed E-state index contributed by atoms with van der Waals surface area (Å²) in [5.74, 6) is 3.50. The van der Waals surface area contributed by atoms with Gasteiger partial charge in [-0.05, 0) is 60.7 Å². The van der Waals surface area contributed by atoms with Crippen molar-refractivity contribution in [3.05, 3.63) is 158 Å². The van der Waals surface area contributed by atoms with Crippen molar-refractivity contribution in [2.45, 2.75) is 0 Å². The summed E-state index contributed by atoms with van der Waals surface area (Å²) in [7, 11) is 0. The number of hydrogen-bond acceptors (Lipinski definition) is 8. The first-order valence-corrected chi connectivity index (χ1v) is 17.8. The lowest BCUT2D eigenvalue weighted by molar-refractivity contribution is 0.476. The molecule has 11 rings (SSSR count). The Morgan fingerprint density at radius 1 is 0.423 bits per heavy atom. The first-order chi connectivity index (χ1) is 25.8. The number of oxazole rings is 1. The van der Waals surface area contributed by atoms with Gasteiger partial charge in [-0.25, -0.2) is 9.97 Å².